The lowest BCUT2D eigenvalue weighted by molar-refractivity contribution is -0.132. The Bertz CT molecular complexity index is 343. The zero-order chi connectivity index (χ0) is 13.9. The van der Waals surface area contributed by atoms with Crippen LogP contribution in [0.2, 0.25) is 0 Å². The molecule has 2 heterocycles. The van der Waals surface area contributed by atoms with Gasteiger partial charge in [-0.3, -0.25) is 9.59 Å². The second-order valence-electron chi connectivity index (χ2n) is 6.09. The highest BCUT2D eigenvalue weighted by molar-refractivity contribution is 5.83. The van der Waals surface area contributed by atoms with Crippen molar-refractivity contribution in [2.24, 2.45) is 5.41 Å². The van der Waals surface area contributed by atoms with Gasteiger partial charge in [0.2, 0.25) is 11.8 Å². The molecule has 5 heteroatoms. The van der Waals surface area contributed by atoms with Gasteiger partial charge in [0.05, 0.1) is 5.41 Å². The van der Waals surface area contributed by atoms with E-state index in [1.165, 1.54) is 0 Å². The number of carbonyl (C=O) groups excluding carboxylic acids is 2. The summed E-state index contributed by atoms with van der Waals surface area (Å²) in [7, 11) is 0. The van der Waals surface area contributed by atoms with Crippen LogP contribution in [0.1, 0.15) is 39.5 Å². The van der Waals surface area contributed by atoms with E-state index in [1.54, 1.807) is 6.92 Å². The number of nitrogens with zero attached hydrogens (tertiary/aromatic N) is 1. The second-order valence-corrected chi connectivity index (χ2v) is 6.09. The highest BCUT2D eigenvalue weighted by Gasteiger charge is 2.36. The first-order valence-electron chi connectivity index (χ1n) is 7.28. The molecule has 108 valence electrons. The fraction of sp³-hybridized carbons (Fsp3) is 0.857. The molecule has 0 radical (unpaired) electrons. The van der Waals surface area contributed by atoms with E-state index in [4.69, 9.17) is 0 Å². The van der Waals surface area contributed by atoms with Gasteiger partial charge >= 0.3 is 0 Å². The van der Waals surface area contributed by atoms with Crippen LogP contribution in [0.25, 0.3) is 0 Å². The van der Waals surface area contributed by atoms with Crippen LogP contribution >= 0.6 is 0 Å². The van der Waals surface area contributed by atoms with Gasteiger partial charge in [0.15, 0.2) is 0 Å². The summed E-state index contributed by atoms with van der Waals surface area (Å²) in [4.78, 5) is 25.5. The molecule has 2 amide bonds. The lowest BCUT2D eigenvalue weighted by Crippen LogP contribution is -2.53. The molecule has 0 aromatic heterocycles. The van der Waals surface area contributed by atoms with Crippen LogP contribution in [0.4, 0.5) is 0 Å². The minimum atomic E-state index is -0.268. The Labute approximate surface area is 115 Å². The molecular weight excluding hydrogens is 242 g/mol. The molecule has 2 rings (SSSR count). The van der Waals surface area contributed by atoms with Gasteiger partial charge in [-0.1, -0.05) is 0 Å². The second kappa shape index (κ2) is 5.90. The van der Waals surface area contributed by atoms with E-state index < -0.39 is 0 Å². The van der Waals surface area contributed by atoms with Gasteiger partial charge in [-0.25, -0.2) is 0 Å². The van der Waals surface area contributed by atoms with Crippen LogP contribution in [0, 0.1) is 5.41 Å². The van der Waals surface area contributed by atoms with E-state index in [9.17, 15) is 9.59 Å². The molecule has 0 aliphatic carbocycles. The van der Waals surface area contributed by atoms with Crippen molar-refractivity contribution in [2.75, 3.05) is 26.2 Å². The topological polar surface area (TPSA) is 61.4 Å². The smallest absolute Gasteiger partial charge is 0.227 e. The van der Waals surface area contributed by atoms with Gasteiger partial charge in [-0.15, -0.1) is 0 Å². The standard InChI is InChI=1S/C14H25N3O2/c1-11(18)17-8-4-12(5-9-17)16-13(19)14(2)6-3-7-15-10-14/h12,15H,3-10H2,1-2H3,(H,16,19). The largest absolute Gasteiger partial charge is 0.353 e. The number of hydrogen-bond donors (Lipinski definition) is 2. The Hall–Kier alpha value is -1.10. The normalized spacial score (nSPS) is 29.1. The zero-order valence-corrected chi connectivity index (χ0v) is 12.0. The molecule has 2 N–H and O–H groups in total. The molecule has 19 heavy (non-hydrogen) atoms. The first kappa shape index (κ1) is 14.3. The summed E-state index contributed by atoms with van der Waals surface area (Å²) in [5.41, 5.74) is -0.268. The molecule has 0 aromatic rings. The molecule has 0 saturated carbocycles. The minimum Gasteiger partial charge on any atom is -0.353 e. The number of nitrogens with one attached hydrogen (secondary N) is 2. The van der Waals surface area contributed by atoms with Crippen molar-refractivity contribution < 1.29 is 9.59 Å². The molecule has 2 fully saturated rings. The van der Waals surface area contributed by atoms with E-state index in [2.05, 4.69) is 10.6 Å². The Morgan fingerprint density at radius 2 is 2.00 bits per heavy atom. The highest BCUT2D eigenvalue weighted by Crippen LogP contribution is 2.26. The predicted molar refractivity (Wildman–Crippen MR) is 73.6 cm³/mol. The number of piperidine rings is 2. The third-order valence-corrected chi connectivity index (χ3v) is 4.42. The number of carbonyl (C=O) groups is 2. The molecule has 1 atom stereocenters. The monoisotopic (exact) mass is 267 g/mol. The molecule has 0 aromatic carbocycles. The van der Waals surface area contributed by atoms with E-state index in [1.807, 2.05) is 11.8 Å². The van der Waals surface area contributed by atoms with Crippen LogP contribution in [0.3, 0.4) is 0 Å². The molecule has 2 aliphatic heterocycles. The summed E-state index contributed by atoms with van der Waals surface area (Å²) >= 11 is 0. The Kier molecular flexibility index (Phi) is 4.45. The van der Waals surface area contributed by atoms with Gasteiger partial charge in [-0.05, 0) is 39.2 Å². The lowest BCUT2D eigenvalue weighted by atomic mass is 9.81. The van der Waals surface area contributed by atoms with Crippen LogP contribution in [0.5, 0.6) is 0 Å². The first-order valence-corrected chi connectivity index (χ1v) is 7.28. The number of likely N-dealkylation sites (tertiary alicyclic amines) is 1. The van der Waals surface area contributed by atoms with Crippen molar-refractivity contribution in [1.82, 2.24) is 15.5 Å². The summed E-state index contributed by atoms with van der Waals surface area (Å²) in [6.07, 6.45) is 3.76. The predicted octanol–water partition coefficient (Wildman–Crippen LogP) is 0.503. The van der Waals surface area contributed by atoms with Gasteiger partial charge in [-0.2, -0.15) is 0 Å². The molecule has 2 saturated heterocycles. The minimum absolute atomic E-state index is 0.133. The van der Waals surface area contributed by atoms with E-state index in [0.717, 1.165) is 51.9 Å². The molecule has 2 aliphatic rings. The SMILES string of the molecule is CC(=O)N1CCC(NC(=O)C2(C)CCCNC2)CC1. The van der Waals surface area contributed by atoms with Crippen molar-refractivity contribution in [2.45, 2.75) is 45.6 Å². The van der Waals surface area contributed by atoms with Crippen molar-refractivity contribution in [3.8, 4) is 0 Å². The average molecular weight is 267 g/mol. The maximum Gasteiger partial charge on any atom is 0.227 e. The summed E-state index contributed by atoms with van der Waals surface area (Å²) in [6, 6.07) is 0.224. The average Bonchev–Trinajstić information content (AvgIpc) is 2.40. The van der Waals surface area contributed by atoms with Gasteiger partial charge in [0.25, 0.3) is 0 Å². The van der Waals surface area contributed by atoms with Gasteiger partial charge in [0, 0.05) is 32.6 Å². The summed E-state index contributed by atoms with van der Waals surface area (Å²) < 4.78 is 0. The van der Waals surface area contributed by atoms with Gasteiger partial charge < -0.3 is 15.5 Å². The first-order chi connectivity index (χ1) is 9.01. The van der Waals surface area contributed by atoms with Gasteiger partial charge in [0.1, 0.15) is 0 Å². The molecule has 1 unspecified atom stereocenters. The maximum atomic E-state index is 12.4. The molecular formula is C14H25N3O2. The summed E-state index contributed by atoms with van der Waals surface area (Å²) in [6.45, 7) is 6.95. The molecule has 5 nitrogen and oxygen atoms in total. The van der Waals surface area contributed by atoms with Crippen LogP contribution in [-0.2, 0) is 9.59 Å². The molecule has 0 bridgehead atoms. The highest BCUT2D eigenvalue weighted by atomic mass is 16.2. The summed E-state index contributed by atoms with van der Waals surface area (Å²) in [5, 5.41) is 6.47. The van der Waals surface area contributed by atoms with Crippen molar-refractivity contribution in [1.29, 1.82) is 0 Å². The van der Waals surface area contributed by atoms with E-state index >= 15 is 0 Å². The van der Waals surface area contributed by atoms with Crippen molar-refractivity contribution in [3.63, 3.8) is 0 Å². The third kappa shape index (κ3) is 3.47. The lowest BCUT2D eigenvalue weighted by Gasteiger charge is -2.36. The number of amides is 2. The zero-order valence-electron chi connectivity index (χ0n) is 12.0. The van der Waals surface area contributed by atoms with Crippen LogP contribution in [0.15, 0.2) is 0 Å². The van der Waals surface area contributed by atoms with Crippen molar-refractivity contribution >= 4 is 11.8 Å². The Balaban J connectivity index is 1.82. The van der Waals surface area contributed by atoms with Crippen molar-refractivity contribution in [3.05, 3.63) is 0 Å². The summed E-state index contributed by atoms with van der Waals surface area (Å²) in [5.74, 6) is 0.300. The van der Waals surface area contributed by atoms with E-state index in [-0.39, 0.29) is 23.3 Å². The fourth-order valence-electron chi connectivity index (χ4n) is 2.95. The molecule has 0 spiro atoms. The Morgan fingerprint density at radius 3 is 2.53 bits per heavy atom. The van der Waals surface area contributed by atoms with Crippen LogP contribution in [-0.4, -0.2) is 48.9 Å². The third-order valence-electron chi connectivity index (χ3n) is 4.42. The Morgan fingerprint density at radius 1 is 1.32 bits per heavy atom. The van der Waals surface area contributed by atoms with Crippen LogP contribution < -0.4 is 10.6 Å². The fourth-order valence-corrected chi connectivity index (χ4v) is 2.95. The van der Waals surface area contributed by atoms with E-state index in [0.29, 0.717) is 0 Å². The maximum absolute atomic E-state index is 12.4. The number of hydrogen-bond acceptors (Lipinski definition) is 3. The quantitative estimate of drug-likeness (QED) is 0.766. The number of rotatable bonds is 2.